The van der Waals surface area contributed by atoms with Gasteiger partial charge >= 0.3 is 148 Å². The molecule has 1 aromatic rings. The summed E-state index contributed by atoms with van der Waals surface area (Å²) in [6.07, 6.45) is -0.917. The number of carbonyl (C=O) groups is 1. The average molecular weight is 502 g/mol. The first kappa shape index (κ1) is 22.7. The number of rotatable bonds is 3. The molecule has 28 heavy (non-hydrogen) atoms. The molecule has 0 spiro atoms. The van der Waals surface area contributed by atoms with E-state index in [-0.39, 0.29) is 24.3 Å². The molecule has 0 saturated carbocycles. The van der Waals surface area contributed by atoms with Crippen LogP contribution in [-0.4, -0.2) is 65.1 Å². The van der Waals surface area contributed by atoms with E-state index in [0.29, 0.717) is 0 Å². The van der Waals surface area contributed by atoms with Crippen molar-refractivity contribution in [3.8, 4) is 11.8 Å². The van der Waals surface area contributed by atoms with Crippen molar-refractivity contribution in [1.82, 2.24) is 9.88 Å². The van der Waals surface area contributed by atoms with Gasteiger partial charge in [-0.15, -0.1) is 0 Å². The van der Waals surface area contributed by atoms with E-state index in [1.807, 2.05) is 6.07 Å². The van der Waals surface area contributed by atoms with Crippen molar-refractivity contribution in [2.75, 3.05) is 13.1 Å². The first-order valence-corrected chi connectivity index (χ1v) is 19.1. The molecule has 1 aromatic heterocycles. The minimum absolute atomic E-state index is 0.0529. The Labute approximate surface area is 168 Å². The van der Waals surface area contributed by atoms with E-state index in [2.05, 4.69) is 19.8 Å². The summed E-state index contributed by atoms with van der Waals surface area (Å²) in [7, 11) is 0. The summed E-state index contributed by atoms with van der Waals surface area (Å²) >= 11 is -2.50. The number of amides is 1. The van der Waals surface area contributed by atoms with Crippen molar-refractivity contribution in [2.24, 2.45) is 0 Å². The molecule has 2 rings (SSSR count). The van der Waals surface area contributed by atoms with Crippen molar-refractivity contribution >= 4 is 28.2 Å². The molecule has 0 aromatic carbocycles. The van der Waals surface area contributed by atoms with Crippen LogP contribution >= 0.6 is 0 Å². The molecule has 1 saturated heterocycles. The molecule has 154 valence electrons. The molecule has 0 N–H and O–H groups in total. The van der Waals surface area contributed by atoms with Crippen LogP contribution in [0.2, 0.25) is 14.8 Å². The molecule has 1 aliphatic heterocycles. The third-order valence-corrected chi connectivity index (χ3v) is 9.38. The summed E-state index contributed by atoms with van der Waals surface area (Å²) in [5.74, 6) is -3.22. The summed E-state index contributed by atoms with van der Waals surface area (Å²) in [5.41, 5.74) is -0.547. The number of likely N-dealkylation sites (tertiary alicyclic amines) is 1. The van der Waals surface area contributed by atoms with Crippen molar-refractivity contribution in [3.63, 3.8) is 0 Å². The Morgan fingerprint density at radius 1 is 1.39 bits per heavy atom. The minimum atomic E-state index is -3.27. The average Bonchev–Trinajstić information content (AvgIpc) is 2.54. The van der Waals surface area contributed by atoms with Crippen molar-refractivity contribution in [1.29, 1.82) is 5.26 Å². The van der Waals surface area contributed by atoms with Crippen molar-refractivity contribution in [3.05, 3.63) is 17.8 Å². The van der Waals surface area contributed by atoms with E-state index in [1.165, 1.54) is 6.20 Å². The molecule has 2 heterocycles. The van der Waals surface area contributed by atoms with Gasteiger partial charge in [-0.05, 0) is 20.8 Å². The molecule has 1 amide bonds. The standard InChI is InChI=1S/C16H18F2N3O3.3CH3.Sn/c1-15(2,3)24-14(22)21-7-5-13(16(17,18)10-21)23-12-9-20-6-4-11(12)8-19;;;;/h4,9,13H,5,7,10H2,1-3H3;3*1H3;. The molecule has 1 fully saturated rings. The second-order valence-corrected chi connectivity index (χ2v) is 23.3. The summed E-state index contributed by atoms with van der Waals surface area (Å²) in [6, 6.07) is 3.67. The summed E-state index contributed by atoms with van der Waals surface area (Å²) in [5, 5.41) is 9.40. The normalized spacial score (nSPS) is 19.7. The Bertz CT molecular complexity index is 782. The van der Waals surface area contributed by atoms with Gasteiger partial charge < -0.3 is 0 Å². The van der Waals surface area contributed by atoms with Gasteiger partial charge in [0.15, 0.2) is 0 Å². The Balaban J connectivity index is 2.14. The SMILES string of the molecule is CC(C)(C)OC(=O)N1CCC(Oc2cn[c]([Sn]([CH3])([CH3])[CH3])cc2C#N)C(F)(F)C1. The van der Waals surface area contributed by atoms with Gasteiger partial charge in [0, 0.05) is 0 Å². The van der Waals surface area contributed by atoms with Gasteiger partial charge in [0.2, 0.25) is 0 Å². The summed E-state index contributed by atoms with van der Waals surface area (Å²) in [6.45, 7) is 4.34. The summed E-state index contributed by atoms with van der Waals surface area (Å²) < 4.78 is 40.8. The van der Waals surface area contributed by atoms with Gasteiger partial charge in [0.1, 0.15) is 0 Å². The Morgan fingerprint density at radius 3 is 2.54 bits per heavy atom. The van der Waals surface area contributed by atoms with Gasteiger partial charge in [-0.1, -0.05) is 0 Å². The number of nitriles is 1. The molecule has 1 aliphatic rings. The Kier molecular flexibility index (Phi) is 6.48. The van der Waals surface area contributed by atoms with Crippen LogP contribution in [0.3, 0.4) is 0 Å². The quantitative estimate of drug-likeness (QED) is 0.592. The fourth-order valence-corrected chi connectivity index (χ4v) is 5.67. The number of carbonyl (C=O) groups excluding carboxylic acids is 1. The number of hydrogen-bond donors (Lipinski definition) is 0. The van der Waals surface area contributed by atoms with Gasteiger partial charge in [-0.2, -0.15) is 0 Å². The van der Waals surface area contributed by atoms with Crippen molar-refractivity contribution < 1.29 is 23.0 Å². The van der Waals surface area contributed by atoms with Crippen LogP contribution < -0.4 is 8.45 Å². The Morgan fingerprint density at radius 2 is 2.04 bits per heavy atom. The zero-order valence-electron chi connectivity index (χ0n) is 17.2. The number of halogens is 2. The number of nitrogens with zero attached hydrogens (tertiary/aromatic N) is 3. The van der Waals surface area contributed by atoms with Gasteiger partial charge in [0.25, 0.3) is 0 Å². The van der Waals surface area contributed by atoms with E-state index in [1.54, 1.807) is 26.8 Å². The monoisotopic (exact) mass is 503 g/mol. The molecule has 0 radical (unpaired) electrons. The number of pyridine rings is 1. The molecule has 6 nitrogen and oxygen atoms in total. The van der Waals surface area contributed by atoms with Crippen LogP contribution in [0.4, 0.5) is 13.6 Å². The maximum atomic E-state index is 14.6. The summed E-state index contributed by atoms with van der Waals surface area (Å²) in [4.78, 5) is 23.9. The maximum absolute atomic E-state index is 14.6. The first-order chi connectivity index (χ1) is 12.7. The van der Waals surface area contributed by atoms with Crippen LogP contribution in [0.15, 0.2) is 12.3 Å². The second-order valence-electron chi connectivity index (χ2n) is 8.99. The molecular formula is C19H27F2N3O3Sn. The molecule has 1 atom stereocenters. The number of hydrogen-bond acceptors (Lipinski definition) is 5. The third kappa shape index (κ3) is 5.69. The number of aromatic nitrogens is 1. The van der Waals surface area contributed by atoms with Crippen LogP contribution in [-0.2, 0) is 4.74 Å². The third-order valence-electron chi connectivity index (χ3n) is 4.21. The fourth-order valence-electron chi connectivity index (χ4n) is 2.73. The van der Waals surface area contributed by atoms with Crippen LogP contribution in [0, 0.1) is 11.3 Å². The van der Waals surface area contributed by atoms with Gasteiger partial charge in [-0.25, -0.2) is 0 Å². The molecule has 0 aliphatic carbocycles. The second kappa shape index (κ2) is 8.01. The molecule has 0 bridgehead atoms. The zero-order chi connectivity index (χ0) is 21.3. The number of alkyl halides is 2. The zero-order valence-corrected chi connectivity index (χ0v) is 20.0. The first-order valence-electron chi connectivity index (χ1n) is 9.16. The number of piperidine rings is 1. The van der Waals surface area contributed by atoms with Crippen LogP contribution in [0.1, 0.15) is 32.8 Å². The Hall–Kier alpha value is -1.63. The van der Waals surface area contributed by atoms with E-state index in [9.17, 15) is 18.8 Å². The number of ether oxygens (including phenoxy) is 2. The van der Waals surface area contributed by atoms with Gasteiger partial charge in [-0.3, -0.25) is 0 Å². The fraction of sp³-hybridized carbons (Fsp3) is 0.632. The predicted molar refractivity (Wildman–Crippen MR) is 104 cm³/mol. The van der Waals surface area contributed by atoms with E-state index < -0.39 is 48.6 Å². The molecular weight excluding hydrogens is 475 g/mol. The van der Waals surface area contributed by atoms with Crippen LogP contribution in [0.25, 0.3) is 0 Å². The van der Waals surface area contributed by atoms with E-state index >= 15 is 0 Å². The topological polar surface area (TPSA) is 75.4 Å². The van der Waals surface area contributed by atoms with Crippen molar-refractivity contribution in [2.45, 2.75) is 59.6 Å². The van der Waals surface area contributed by atoms with E-state index in [4.69, 9.17) is 9.47 Å². The predicted octanol–water partition coefficient (Wildman–Crippen LogP) is 3.52. The van der Waals surface area contributed by atoms with Gasteiger partial charge in [0.05, 0.1) is 0 Å². The van der Waals surface area contributed by atoms with E-state index in [0.717, 1.165) is 8.61 Å². The molecule has 1 unspecified atom stereocenters. The molecule has 9 heteroatoms. The van der Waals surface area contributed by atoms with Crippen LogP contribution in [0.5, 0.6) is 5.75 Å².